The number of amides is 2. The number of nitrogens with one attached hydrogen (secondary N) is 2. The van der Waals surface area contributed by atoms with Crippen LogP contribution in [0, 0.1) is 20.2 Å². The number of benzene rings is 3. The highest BCUT2D eigenvalue weighted by Crippen LogP contribution is 2.15. The number of carbonyl (C=O) groups is 2. The van der Waals surface area contributed by atoms with E-state index in [1.54, 1.807) is 24.3 Å². The molecule has 2 amide bonds. The van der Waals surface area contributed by atoms with E-state index in [-0.39, 0.29) is 36.3 Å². The minimum absolute atomic E-state index is 0.0488. The van der Waals surface area contributed by atoms with Crippen LogP contribution in [0.3, 0.4) is 0 Å². The molecule has 0 bridgehead atoms. The Hall–Kier alpha value is -5.12. The van der Waals surface area contributed by atoms with Gasteiger partial charge in [0, 0.05) is 49.5 Å². The number of non-ortho nitro benzene ring substituents is 2. The molecule has 0 saturated carbocycles. The van der Waals surface area contributed by atoms with E-state index in [0.717, 1.165) is 11.1 Å². The number of hydrogen-bond acceptors (Lipinski definition) is 6. The number of carbonyl (C=O) groups excluding carboxylic acids is 2. The Bertz CT molecular complexity index is 1230. The van der Waals surface area contributed by atoms with Gasteiger partial charge in [0.15, 0.2) is 0 Å². The van der Waals surface area contributed by atoms with Gasteiger partial charge in [0.1, 0.15) is 0 Å². The summed E-state index contributed by atoms with van der Waals surface area (Å²) >= 11 is 0. The first-order valence-corrected chi connectivity index (χ1v) is 10.8. The van der Waals surface area contributed by atoms with E-state index in [0.29, 0.717) is 11.1 Å². The van der Waals surface area contributed by atoms with Crippen molar-refractivity contribution in [3.63, 3.8) is 0 Å². The molecule has 0 radical (unpaired) electrons. The molecule has 0 saturated heterocycles. The first-order valence-electron chi connectivity index (χ1n) is 10.8. The van der Waals surface area contributed by atoms with Crippen LogP contribution in [0.25, 0.3) is 12.2 Å². The van der Waals surface area contributed by atoms with Crippen molar-refractivity contribution in [1.82, 2.24) is 10.6 Å². The SMILES string of the molecule is O=C(C=Cc1cccc([N+](=O)[O-])c1)NCc1ccc(CNC(=O)C=Cc2cccc([N+](=O)[O-])c2)cc1. The molecule has 2 N–H and O–H groups in total. The second-order valence-corrected chi connectivity index (χ2v) is 7.62. The molecule has 36 heavy (non-hydrogen) atoms. The minimum Gasteiger partial charge on any atom is -0.348 e. The van der Waals surface area contributed by atoms with Gasteiger partial charge in [0.2, 0.25) is 11.8 Å². The minimum atomic E-state index is -0.496. The van der Waals surface area contributed by atoms with Crippen molar-refractivity contribution in [3.05, 3.63) is 127 Å². The van der Waals surface area contributed by atoms with Gasteiger partial charge in [-0.15, -0.1) is 0 Å². The van der Waals surface area contributed by atoms with Crippen LogP contribution in [-0.2, 0) is 22.7 Å². The molecule has 3 aromatic rings. The highest BCUT2D eigenvalue weighted by molar-refractivity contribution is 5.92. The number of hydrogen-bond donors (Lipinski definition) is 2. The second kappa shape index (κ2) is 12.4. The fraction of sp³-hybridized carbons (Fsp3) is 0.0769. The van der Waals surface area contributed by atoms with Crippen molar-refractivity contribution in [2.24, 2.45) is 0 Å². The van der Waals surface area contributed by atoms with E-state index in [1.807, 2.05) is 24.3 Å². The smallest absolute Gasteiger partial charge is 0.270 e. The Morgan fingerprint density at radius 1 is 0.667 bits per heavy atom. The molecule has 0 atom stereocenters. The lowest BCUT2D eigenvalue weighted by molar-refractivity contribution is -0.385. The zero-order valence-corrected chi connectivity index (χ0v) is 19.0. The van der Waals surface area contributed by atoms with Gasteiger partial charge in [-0.3, -0.25) is 29.8 Å². The highest BCUT2D eigenvalue weighted by Gasteiger charge is 2.06. The lowest BCUT2D eigenvalue weighted by atomic mass is 10.1. The zero-order chi connectivity index (χ0) is 25.9. The number of nitro benzene ring substituents is 2. The van der Waals surface area contributed by atoms with Crippen LogP contribution in [0.2, 0.25) is 0 Å². The van der Waals surface area contributed by atoms with Crippen molar-refractivity contribution in [2.75, 3.05) is 0 Å². The molecular weight excluding hydrogens is 464 g/mol. The lowest BCUT2D eigenvalue weighted by Gasteiger charge is -2.06. The van der Waals surface area contributed by atoms with Crippen LogP contribution in [0.5, 0.6) is 0 Å². The summed E-state index contributed by atoms with van der Waals surface area (Å²) in [7, 11) is 0. The van der Waals surface area contributed by atoms with Crippen LogP contribution < -0.4 is 10.6 Å². The predicted molar refractivity (Wildman–Crippen MR) is 134 cm³/mol. The van der Waals surface area contributed by atoms with Crippen LogP contribution in [-0.4, -0.2) is 21.7 Å². The summed E-state index contributed by atoms with van der Waals surface area (Å²) in [6.45, 7) is 0.577. The van der Waals surface area contributed by atoms with Gasteiger partial charge < -0.3 is 10.6 Å². The van der Waals surface area contributed by atoms with Gasteiger partial charge >= 0.3 is 0 Å². The summed E-state index contributed by atoms with van der Waals surface area (Å²) in [5.41, 5.74) is 2.71. The molecule has 182 valence electrons. The van der Waals surface area contributed by atoms with Gasteiger partial charge in [-0.05, 0) is 34.4 Å². The fourth-order valence-corrected chi connectivity index (χ4v) is 3.10. The molecule has 0 fully saturated rings. The largest absolute Gasteiger partial charge is 0.348 e. The molecule has 0 aliphatic heterocycles. The summed E-state index contributed by atoms with van der Waals surface area (Å²) in [6, 6.07) is 19.2. The molecule has 0 heterocycles. The number of rotatable bonds is 10. The van der Waals surface area contributed by atoms with E-state index in [1.165, 1.54) is 48.6 Å². The second-order valence-electron chi connectivity index (χ2n) is 7.62. The maximum Gasteiger partial charge on any atom is 0.270 e. The van der Waals surface area contributed by atoms with E-state index in [9.17, 15) is 29.8 Å². The Kier molecular flexibility index (Phi) is 8.76. The topological polar surface area (TPSA) is 144 Å². The molecule has 0 unspecified atom stereocenters. The van der Waals surface area contributed by atoms with Crippen LogP contribution >= 0.6 is 0 Å². The van der Waals surface area contributed by atoms with E-state index < -0.39 is 9.85 Å². The Morgan fingerprint density at radius 2 is 1.06 bits per heavy atom. The van der Waals surface area contributed by atoms with Crippen molar-refractivity contribution < 1.29 is 19.4 Å². The first-order chi connectivity index (χ1) is 17.3. The summed E-state index contributed by atoms with van der Waals surface area (Å²) in [5.74, 6) is -0.679. The van der Waals surface area contributed by atoms with Crippen molar-refractivity contribution in [3.8, 4) is 0 Å². The quantitative estimate of drug-likeness (QED) is 0.250. The van der Waals surface area contributed by atoms with Gasteiger partial charge in [-0.1, -0.05) is 48.5 Å². The maximum absolute atomic E-state index is 12.0. The Balaban J connectivity index is 1.44. The zero-order valence-electron chi connectivity index (χ0n) is 19.0. The monoisotopic (exact) mass is 486 g/mol. The van der Waals surface area contributed by atoms with Crippen LogP contribution in [0.4, 0.5) is 11.4 Å². The molecule has 10 heteroatoms. The summed E-state index contributed by atoms with van der Waals surface area (Å²) in [6.07, 6.45) is 5.62. The molecule has 3 aromatic carbocycles. The average molecular weight is 486 g/mol. The average Bonchev–Trinajstić information content (AvgIpc) is 2.89. The molecule has 0 aliphatic rings. The Morgan fingerprint density at radius 3 is 1.42 bits per heavy atom. The summed E-state index contributed by atoms with van der Waals surface area (Å²) < 4.78 is 0. The fourth-order valence-electron chi connectivity index (χ4n) is 3.10. The van der Waals surface area contributed by atoms with Crippen molar-refractivity contribution in [1.29, 1.82) is 0 Å². The Labute approximate surface area is 206 Å². The molecule has 0 aliphatic carbocycles. The number of nitrogens with zero attached hydrogens (tertiary/aromatic N) is 2. The van der Waals surface area contributed by atoms with Gasteiger partial charge in [-0.25, -0.2) is 0 Å². The molecule has 0 spiro atoms. The van der Waals surface area contributed by atoms with Crippen molar-refractivity contribution >= 4 is 35.3 Å². The van der Waals surface area contributed by atoms with Crippen molar-refractivity contribution in [2.45, 2.75) is 13.1 Å². The molecule has 0 aromatic heterocycles. The van der Waals surface area contributed by atoms with Gasteiger partial charge in [-0.2, -0.15) is 0 Å². The van der Waals surface area contributed by atoms with E-state index in [2.05, 4.69) is 10.6 Å². The number of nitro groups is 2. The summed E-state index contributed by atoms with van der Waals surface area (Å²) in [4.78, 5) is 44.7. The van der Waals surface area contributed by atoms with E-state index >= 15 is 0 Å². The molecule has 10 nitrogen and oxygen atoms in total. The van der Waals surface area contributed by atoms with Gasteiger partial charge in [0.25, 0.3) is 11.4 Å². The highest BCUT2D eigenvalue weighted by atomic mass is 16.6. The third kappa shape index (κ3) is 8.03. The third-order valence-electron chi connectivity index (χ3n) is 4.97. The third-order valence-corrected chi connectivity index (χ3v) is 4.97. The van der Waals surface area contributed by atoms with Crippen LogP contribution in [0.1, 0.15) is 22.3 Å². The maximum atomic E-state index is 12.0. The predicted octanol–water partition coefficient (Wildman–Crippen LogP) is 4.16. The molecule has 3 rings (SSSR count). The van der Waals surface area contributed by atoms with E-state index in [4.69, 9.17) is 0 Å². The summed E-state index contributed by atoms with van der Waals surface area (Å²) in [5, 5.41) is 27.1. The standard InChI is InChI=1S/C26H22N4O6/c31-25(13-11-19-3-1-5-23(15-19)29(33)34)27-17-21-7-9-22(10-8-21)18-28-26(32)14-12-20-4-2-6-24(16-20)30(35)36/h1-16H,17-18H2,(H,27,31)(H,28,32). The molecular formula is C26H22N4O6. The van der Waals surface area contributed by atoms with Gasteiger partial charge in [0.05, 0.1) is 9.85 Å². The first kappa shape index (κ1) is 25.5. The lowest BCUT2D eigenvalue weighted by Crippen LogP contribution is -2.21. The normalized spacial score (nSPS) is 10.9. The van der Waals surface area contributed by atoms with Crippen LogP contribution in [0.15, 0.2) is 84.9 Å².